The first-order valence-corrected chi connectivity index (χ1v) is 5.27. The van der Waals surface area contributed by atoms with Crippen molar-refractivity contribution in [3.05, 3.63) is 17.8 Å². The van der Waals surface area contributed by atoms with E-state index in [1.807, 2.05) is 20.9 Å². The number of rotatable bonds is 6. The number of aryl methyl sites for hydroxylation is 2. The monoisotopic (exact) mass is 224 g/mol. The topological polar surface area (TPSA) is 65.1 Å². The summed E-state index contributed by atoms with van der Waals surface area (Å²) in [5, 5.41) is 7.41. The Balaban J connectivity index is 2.34. The zero-order chi connectivity index (χ0) is 12.1. The molecule has 0 aromatic carbocycles. The van der Waals surface area contributed by atoms with Gasteiger partial charge in [-0.2, -0.15) is 5.10 Å². The highest BCUT2D eigenvalue weighted by Crippen LogP contribution is 2.20. The van der Waals surface area contributed by atoms with Gasteiger partial charge in [0.05, 0.1) is 24.6 Å². The van der Waals surface area contributed by atoms with Crippen molar-refractivity contribution in [2.45, 2.75) is 13.8 Å². The van der Waals surface area contributed by atoms with E-state index in [4.69, 9.17) is 10.5 Å². The van der Waals surface area contributed by atoms with Crippen LogP contribution in [0, 0.1) is 6.92 Å². The Morgan fingerprint density at radius 3 is 2.81 bits per heavy atom. The SMILES string of the molecule is C=C(C)COCCNc1c(N)c(C)nn1C. The number of ether oxygens (including phenoxy) is 1. The van der Waals surface area contributed by atoms with Crippen LogP contribution in [-0.2, 0) is 11.8 Å². The molecule has 0 atom stereocenters. The Morgan fingerprint density at radius 1 is 1.62 bits per heavy atom. The lowest BCUT2D eigenvalue weighted by Crippen LogP contribution is -2.13. The molecular formula is C11H20N4O. The van der Waals surface area contributed by atoms with Crippen molar-refractivity contribution in [1.29, 1.82) is 0 Å². The molecule has 0 unspecified atom stereocenters. The number of nitrogens with two attached hydrogens (primary N) is 1. The zero-order valence-electron chi connectivity index (χ0n) is 10.2. The molecule has 0 aliphatic rings. The molecule has 5 heteroatoms. The van der Waals surface area contributed by atoms with Gasteiger partial charge >= 0.3 is 0 Å². The summed E-state index contributed by atoms with van der Waals surface area (Å²) in [5.74, 6) is 0.844. The van der Waals surface area contributed by atoms with Crippen molar-refractivity contribution in [3.63, 3.8) is 0 Å². The van der Waals surface area contributed by atoms with E-state index < -0.39 is 0 Å². The van der Waals surface area contributed by atoms with E-state index in [1.165, 1.54) is 0 Å². The first kappa shape index (κ1) is 12.6. The van der Waals surface area contributed by atoms with Crippen LogP contribution in [0.25, 0.3) is 0 Å². The van der Waals surface area contributed by atoms with Gasteiger partial charge in [0.2, 0.25) is 0 Å². The van der Waals surface area contributed by atoms with Gasteiger partial charge in [-0.15, -0.1) is 0 Å². The molecule has 0 aliphatic heterocycles. The minimum absolute atomic E-state index is 0.599. The molecular weight excluding hydrogens is 204 g/mol. The third-order valence-corrected chi connectivity index (χ3v) is 2.16. The molecule has 0 spiro atoms. The molecule has 1 aromatic heterocycles. The molecule has 3 N–H and O–H groups in total. The minimum atomic E-state index is 0.599. The lowest BCUT2D eigenvalue weighted by molar-refractivity contribution is 0.167. The van der Waals surface area contributed by atoms with Crippen LogP contribution in [0.15, 0.2) is 12.2 Å². The quantitative estimate of drug-likeness (QED) is 0.565. The highest BCUT2D eigenvalue weighted by Gasteiger charge is 2.08. The molecule has 5 nitrogen and oxygen atoms in total. The van der Waals surface area contributed by atoms with Crippen molar-refractivity contribution in [2.24, 2.45) is 7.05 Å². The Labute approximate surface area is 96.3 Å². The average Bonchev–Trinajstić information content (AvgIpc) is 2.43. The summed E-state index contributed by atoms with van der Waals surface area (Å²) in [4.78, 5) is 0. The summed E-state index contributed by atoms with van der Waals surface area (Å²) >= 11 is 0. The Hall–Kier alpha value is -1.49. The second-order valence-corrected chi connectivity index (χ2v) is 3.91. The average molecular weight is 224 g/mol. The third-order valence-electron chi connectivity index (χ3n) is 2.16. The maximum Gasteiger partial charge on any atom is 0.147 e. The summed E-state index contributed by atoms with van der Waals surface area (Å²) in [6, 6.07) is 0. The van der Waals surface area contributed by atoms with E-state index in [0.717, 1.165) is 17.1 Å². The van der Waals surface area contributed by atoms with Gasteiger partial charge in [0.1, 0.15) is 5.82 Å². The number of nitrogens with one attached hydrogen (secondary N) is 1. The molecule has 1 heterocycles. The highest BCUT2D eigenvalue weighted by molar-refractivity contribution is 5.64. The lowest BCUT2D eigenvalue weighted by Gasteiger charge is -2.08. The maximum atomic E-state index is 5.87. The van der Waals surface area contributed by atoms with Crippen LogP contribution >= 0.6 is 0 Å². The van der Waals surface area contributed by atoms with Gasteiger partial charge in [-0.1, -0.05) is 12.2 Å². The molecule has 90 valence electrons. The van der Waals surface area contributed by atoms with Gasteiger partial charge in [-0.25, -0.2) is 0 Å². The van der Waals surface area contributed by atoms with Gasteiger partial charge in [0.15, 0.2) is 0 Å². The van der Waals surface area contributed by atoms with Crippen LogP contribution in [-0.4, -0.2) is 29.5 Å². The number of nitrogens with zero attached hydrogens (tertiary/aromatic N) is 2. The fourth-order valence-electron chi connectivity index (χ4n) is 1.37. The van der Waals surface area contributed by atoms with E-state index in [0.29, 0.717) is 25.4 Å². The third kappa shape index (κ3) is 3.27. The number of aromatic nitrogens is 2. The Morgan fingerprint density at radius 2 is 2.31 bits per heavy atom. The summed E-state index contributed by atoms with van der Waals surface area (Å²) in [6.45, 7) is 9.52. The predicted molar refractivity (Wildman–Crippen MR) is 66.5 cm³/mol. The van der Waals surface area contributed by atoms with E-state index in [2.05, 4.69) is 17.0 Å². The van der Waals surface area contributed by atoms with Crippen molar-refractivity contribution in [2.75, 3.05) is 30.8 Å². The number of hydrogen-bond acceptors (Lipinski definition) is 4. The Bertz CT molecular complexity index is 370. The molecule has 0 saturated heterocycles. The second kappa shape index (κ2) is 5.55. The molecule has 0 fully saturated rings. The first-order chi connectivity index (χ1) is 7.52. The highest BCUT2D eigenvalue weighted by atomic mass is 16.5. The van der Waals surface area contributed by atoms with Crippen LogP contribution in [0.1, 0.15) is 12.6 Å². The summed E-state index contributed by atoms with van der Waals surface area (Å²) < 4.78 is 7.11. The minimum Gasteiger partial charge on any atom is -0.394 e. The van der Waals surface area contributed by atoms with Gasteiger partial charge in [-0.05, 0) is 13.8 Å². The molecule has 1 rings (SSSR count). The first-order valence-electron chi connectivity index (χ1n) is 5.27. The van der Waals surface area contributed by atoms with Crippen molar-refractivity contribution < 1.29 is 4.74 Å². The van der Waals surface area contributed by atoms with E-state index in [9.17, 15) is 0 Å². The number of hydrogen-bond donors (Lipinski definition) is 2. The standard InChI is InChI=1S/C11H20N4O/c1-8(2)7-16-6-5-13-11-10(12)9(3)14-15(11)4/h13H,1,5-7,12H2,2-4H3. The molecule has 1 aromatic rings. The fourth-order valence-corrected chi connectivity index (χ4v) is 1.37. The molecule has 0 radical (unpaired) electrons. The predicted octanol–water partition coefficient (Wildman–Crippen LogP) is 1.32. The molecule has 0 saturated carbocycles. The number of nitrogen functional groups attached to an aromatic ring is 1. The van der Waals surface area contributed by atoms with Crippen molar-refractivity contribution in [3.8, 4) is 0 Å². The smallest absolute Gasteiger partial charge is 0.147 e. The van der Waals surface area contributed by atoms with Crippen LogP contribution in [0.2, 0.25) is 0 Å². The number of anilines is 2. The summed E-state index contributed by atoms with van der Waals surface area (Å²) in [5.41, 5.74) is 8.43. The van der Waals surface area contributed by atoms with Gasteiger partial charge < -0.3 is 15.8 Å². The summed E-state index contributed by atoms with van der Waals surface area (Å²) in [7, 11) is 1.86. The molecule has 0 amide bonds. The van der Waals surface area contributed by atoms with Crippen LogP contribution in [0.5, 0.6) is 0 Å². The van der Waals surface area contributed by atoms with Crippen LogP contribution < -0.4 is 11.1 Å². The van der Waals surface area contributed by atoms with Crippen LogP contribution in [0.4, 0.5) is 11.5 Å². The van der Waals surface area contributed by atoms with Crippen molar-refractivity contribution >= 4 is 11.5 Å². The van der Waals surface area contributed by atoms with E-state index in [1.54, 1.807) is 4.68 Å². The normalized spacial score (nSPS) is 10.4. The molecule has 16 heavy (non-hydrogen) atoms. The van der Waals surface area contributed by atoms with Crippen molar-refractivity contribution in [1.82, 2.24) is 9.78 Å². The van der Waals surface area contributed by atoms with Gasteiger partial charge in [0, 0.05) is 13.6 Å². The largest absolute Gasteiger partial charge is 0.394 e. The van der Waals surface area contributed by atoms with Gasteiger partial charge in [-0.3, -0.25) is 4.68 Å². The zero-order valence-corrected chi connectivity index (χ0v) is 10.2. The van der Waals surface area contributed by atoms with E-state index in [-0.39, 0.29) is 0 Å². The van der Waals surface area contributed by atoms with E-state index >= 15 is 0 Å². The Kier molecular flexibility index (Phi) is 4.37. The fraction of sp³-hybridized carbons (Fsp3) is 0.545. The molecule has 0 bridgehead atoms. The second-order valence-electron chi connectivity index (χ2n) is 3.91. The lowest BCUT2D eigenvalue weighted by atomic mass is 10.4. The maximum absolute atomic E-state index is 5.87. The molecule has 0 aliphatic carbocycles. The van der Waals surface area contributed by atoms with Crippen LogP contribution in [0.3, 0.4) is 0 Å². The summed E-state index contributed by atoms with van der Waals surface area (Å²) in [6.07, 6.45) is 0. The van der Waals surface area contributed by atoms with Gasteiger partial charge in [0.25, 0.3) is 0 Å².